The Balaban J connectivity index is 1.54. The molecule has 0 radical (unpaired) electrons. The van der Waals surface area contributed by atoms with Crippen LogP contribution in [0.3, 0.4) is 0 Å². The number of nitrogens with one attached hydrogen (secondary N) is 1. The van der Waals surface area contributed by atoms with Crippen molar-refractivity contribution in [2.45, 2.75) is 44.7 Å². The van der Waals surface area contributed by atoms with Crippen LogP contribution in [0.4, 0.5) is 16.4 Å². The summed E-state index contributed by atoms with van der Waals surface area (Å²) in [5.74, 6) is 1.73. The quantitative estimate of drug-likeness (QED) is 0.695. The summed E-state index contributed by atoms with van der Waals surface area (Å²) in [5, 5.41) is 12.8. The molecule has 0 bridgehead atoms. The van der Waals surface area contributed by atoms with Gasteiger partial charge in [-0.3, -0.25) is 0 Å². The molecular formula is C22H30N6O2. The number of nitrogens with zero attached hydrogens (tertiary/aromatic N) is 4. The van der Waals surface area contributed by atoms with Crippen LogP contribution in [0, 0.1) is 0 Å². The fourth-order valence-electron chi connectivity index (χ4n) is 4.25. The molecule has 2 fully saturated rings. The van der Waals surface area contributed by atoms with Gasteiger partial charge in [0.25, 0.3) is 0 Å². The van der Waals surface area contributed by atoms with Crippen molar-refractivity contribution >= 4 is 17.7 Å². The smallest absolute Gasteiger partial charge is 0.407 e. The van der Waals surface area contributed by atoms with Gasteiger partial charge in [0.05, 0.1) is 5.69 Å². The first-order chi connectivity index (χ1) is 14.6. The maximum absolute atomic E-state index is 11.2. The highest BCUT2D eigenvalue weighted by atomic mass is 16.4. The largest absolute Gasteiger partial charge is 0.465 e. The van der Waals surface area contributed by atoms with Crippen molar-refractivity contribution in [3.8, 4) is 11.3 Å². The molecule has 2 aromatic rings. The van der Waals surface area contributed by atoms with E-state index in [0.717, 1.165) is 28.5 Å². The normalized spacial score (nSPS) is 17.8. The molecule has 8 nitrogen and oxygen atoms in total. The second-order valence-electron chi connectivity index (χ2n) is 8.09. The van der Waals surface area contributed by atoms with Gasteiger partial charge in [-0.25, -0.2) is 14.8 Å². The summed E-state index contributed by atoms with van der Waals surface area (Å²) in [4.78, 5) is 24.1. The van der Waals surface area contributed by atoms with Crippen LogP contribution >= 0.6 is 0 Å². The predicted molar refractivity (Wildman–Crippen MR) is 118 cm³/mol. The Morgan fingerprint density at radius 3 is 2.60 bits per heavy atom. The summed E-state index contributed by atoms with van der Waals surface area (Å²) in [6.45, 7) is 2.62. The number of carboxylic acid groups (broad SMARTS) is 1. The highest BCUT2D eigenvalue weighted by Gasteiger charge is 2.22. The van der Waals surface area contributed by atoms with Crippen LogP contribution in [-0.4, -0.2) is 58.3 Å². The molecule has 3 heterocycles. The number of piperazine rings is 1. The minimum atomic E-state index is -0.867. The molecule has 0 spiro atoms. The molecule has 1 saturated heterocycles. The number of hydrogen-bond donors (Lipinski definition) is 3. The van der Waals surface area contributed by atoms with E-state index < -0.39 is 6.09 Å². The first-order valence-corrected chi connectivity index (χ1v) is 10.8. The van der Waals surface area contributed by atoms with Gasteiger partial charge in [0.2, 0.25) is 0 Å². The van der Waals surface area contributed by atoms with Crippen LogP contribution in [0.2, 0.25) is 0 Å². The maximum atomic E-state index is 11.2. The molecule has 160 valence electrons. The number of carbonyl (C=O) groups is 1. The Hall–Kier alpha value is -2.87. The summed E-state index contributed by atoms with van der Waals surface area (Å²) in [7, 11) is 0. The summed E-state index contributed by atoms with van der Waals surface area (Å²) >= 11 is 0. The van der Waals surface area contributed by atoms with Crippen molar-refractivity contribution in [2.75, 3.05) is 36.4 Å². The monoisotopic (exact) mass is 410 g/mol. The number of aromatic nitrogens is 2. The van der Waals surface area contributed by atoms with E-state index in [-0.39, 0.29) is 0 Å². The summed E-state index contributed by atoms with van der Waals surface area (Å²) in [6, 6.07) is 8.55. The molecule has 4 N–H and O–H groups in total. The van der Waals surface area contributed by atoms with E-state index in [1.54, 1.807) is 0 Å². The second kappa shape index (κ2) is 9.30. The van der Waals surface area contributed by atoms with Crippen molar-refractivity contribution in [1.29, 1.82) is 0 Å². The van der Waals surface area contributed by atoms with Crippen molar-refractivity contribution < 1.29 is 9.90 Å². The van der Waals surface area contributed by atoms with Gasteiger partial charge >= 0.3 is 6.09 Å². The Kier molecular flexibility index (Phi) is 6.32. The average Bonchev–Trinajstić information content (AvgIpc) is 2.79. The molecule has 1 aliphatic carbocycles. The van der Waals surface area contributed by atoms with E-state index in [2.05, 4.69) is 21.3 Å². The summed E-state index contributed by atoms with van der Waals surface area (Å²) < 4.78 is 0. The lowest BCUT2D eigenvalue weighted by Gasteiger charge is -2.34. The van der Waals surface area contributed by atoms with E-state index in [1.807, 2.05) is 24.4 Å². The van der Waals surface area contributed by atoms with Gasteiger partial charge < -0.3 is 26.0 Å². The molecule has 0 aromatic carbocycles. The molecule has 2 aliphatic rings. The SMILES string of the molecule is NCc1cc(-c2ccnc(NC3CCCCC3)c2)nc(N2CCN(C(=O)O)CC2)c1. The number of anilines is 2. The topological polar surface area (TPSA) is 108 Å². The molecule has 0 unspecified atom stereocenters. The lowest BCUT2D eigenvalue weighted by atomic mass is 9.95. The van der Waals surface area contributed by atoms with Crippen LogP contribution in [0.15, 0.2) is 30.5 Å². The van der Waals surface area contributed by atoms with Crippen molar-refractivity contribution in [2.24, 2.45) is 5.73 Å². The Labute approximate surface area is 177 Å². The van der Waals surface area contributed by atoms with E-state index in [9.17, 15) is 9.90 Å². The van der Waals surface area contributed by atoms with Crippen molar-refractivity contribution in [1.82, 2.24) is 14.9 Å². The van der Waals surface area contributed by atoms with E-state index in [4.69, 9.17) is 10.7 Å². The third-order valence-corrected chi connectivity index (χ3v) is 5.99. The number of nitrogens with two attached hydrogens (primary N) is 1. The van der Waals surface area contributed by atoms with Crippen LogP contribution in [0.5, 0.6) is 0 Å². The van der Waals surface area contributed by atoms with Crippen molar-refractivity contribution in [3.05, 3.63) is 36.0 Å². The van der Waals surface area contributed by atoms with Gasteiger partial charge in [-0.05, 0) is 42.7 Å². The molecule has 1 amide bonds. The molecule has 2 aromatic heterocycles. The first-order valence-electron chi connectivity index (χ1n) is 10.8. The summed E-state index contributed by atoms with van der Waals surface area (Å²) in [5.41, 5.74) is 8.83. The zero-order valence-electron chi connectivity index (χ0n) is 17.3. The zero-order valence-corrected chi connectivity index (χ0v) is 17.3. The lowest BCUT2D eigenvalue weighted by molar-refractivity contribution is 0.142. The van der Waals surface area contributed by atoms with E-state index in [1.165, 1.54) is 37.0 Å². The fourth-order valence-corrected chi connectivity index (χ4v) is 4.25. The third-order valence-electron chi connectivity index (χ3n) is 5.99. The standard InChI is InChI=1S/C22H30N6O2/c23-15-16-12-19(26-21(13-16)27-8-10-28(11-9-27)22(29)30)17-6-7-24-20(14-17)25-18-4-2-1-3-5-18/h6-7,12-14,18H,1-5,8-11,15,23H2,(H,24,25)(H,29,30). The molecule has 8 heteroatoms. The summed E-state index contributed by atoms with van der Waals surface area (Å²) in [6.07, 6.45) is 7.21. The highest BCUT2D eigenvalue weighted by Crippen LogP contribution is 2.27. The number of hydrogen-bond acceptors (Lipinski definition) is 6. The molecule has 1 saturated carbocycles. The van der Waals surface area contributed by atoms with Gasteiger partial charge in [0, 0.05) is 50.5 Å². The fraction of sp³-hybridized carbons (Fsp3) is 0.500. The van der Waals surface area contributed by atoms with Gasteiger partial charge in [0.1, 0.15) is 11.6 Å². The zero-order chi connectivity index (χ0) is 20.9. The Morgan fingerprint density at radius 1 is 1.13 bits per heavy atom. The maximum Gasteiger partial charge on any atom is 0.407 e. The Bertz CT molecular complexity index is 876. The third kappa shape index (κ3) is 4.81. The van der Waals surface area contributed by atoms with Crippen LogP contribution in [0.25, 0.3) is 11.3 Å². The Morgan fingerprint density at radius 2 is 1.90 bits per heavy atom. The van der Waals surface area contributed by atoms with Gasteiger partial charge in [0.15, 0.2) is 0 Å². The van der Waals surface area contributed by atoms with Gasteiger partial charge in [-0.1, -0.05) is 19.3 Å². The molecule has 4 rings (SSSR count). The van der Waals surface area contributed by atoms with Crippen molar-refractivity contribution in [3.63, 3.8) is 0 Å². The van der Waals surface area contributed by atoms with E-state index in [0.29, 0.717) is 38.8 Å². The van der Waals surface area contributed by atoms with Gasteiger partial charge in [-0.15, -0.1) is 0 Å². The number of rotatable bonds is 5. The molecule has 0 atom stereocenters. The highest BCUT2D eigenvalue weighted by molar-refractivity contribution is 5.67. The number of pyridine rings is 2. The predicted octanol–water partition coefficient (Wildman–Crippen LogP) is 3.15. The van der Waals surface area contributed by atoms with Crippen LogP contribution in [-0.2, 0) is 6.54 Å². The molecule has 1 aliphatic heterocycles. The number of amides is 1. The first kappa shape index (κ1) is 20.4. The van der Waals surface area contributed by atoms with Crippen LogP contribution < -0.4 is 16.0 Å². The van der Waals surface area contributed by atoms with E-state index >= 15 is 0 Å². The molecular weight excluding hydrogens is 380 g/mol. The average molecular weight is 411 g/mol. The van der Waals surface area contributed by atoms with Gasteiger partial charge in [-0.2, -0.15) is 0 Å². The lowest BCUT2D eigenvalue weighted by Crippen LogP contribution is -2.48. The minimum absolute atomic E-state index is 0.426. The second-order valence-corrected chi connectivity index (χ2v) is 8.09. The van der Waals surface area contributed by atoms with Crippen LogP contribution in [0.1, 0.15) is 37.7 Å². The minimum Gasteiger partial charge on any atom is -0.465 e. The molecule has 30 heavy (non-hydrogen) atoms.